The summed E-state index contributed by atoms with van der Waals surface area (Å²) in [4.78, 5) is 38.9. The second-order valence-electron chi connectivity index (χ2n) is 9.31. The first-order chi connectivity index (χ1) is 18.2. The molecular weight excluding hydrogens is 515 g/mol. The van der Waals surface area contributed by atoms with Gasteiger partial charge in [0.15, 0.2) is 6.61 Å². The van der Waals surface area contributed by atoms with Gasteiger partial charge in [-0.1, -0.05) is 24.3 Å². The van der Waals surface area contributed by atoms with Crippen molar-refractivity contribution in [1.82, 2.24) is 9.21 Å². The molecule has 0 aromatic heterocycles. The van der Waals surface area contributed by atoms with E-state index in [-0.39, 0.29) is 35.7 Å². The molecule has 0 bridgehead atoms. The number of esters is 2. The number of nitrogens with zero attached hydrogens (tertiary/aromatic N) is 2. The molecule has 1 fully saturated rings. The van der Waals surface area contributed by atoms with Crippen LogP contribution in [0.5, 0.6) is 0 Å². The van der Waals surface area contributed by atoms with Gasteiger partial charge in [0.1, 0.15) is 5.82 Å². The van der Waals surface area contributed by atoms with Crippen molar-refractivity contribution in [2.24, 2.45) is 5.92 Å². The molecule has 2 heterocycles. The van der Waals surface area contributed by atoms with Crippen LogP contribution in [0.15, 0.2) is 53.4 Å². The van der Waals surface area contributed by atoms with Gasteiger partial charge in [0.2, 0.25) is 10.0 Å². The van der Waals surface area contributed by atoms with Crippen molar-refractivity contribution in [2.45, 2.75) is 43.5 Å². The van der Waals surface area contributed by atoms with Gasteiger partial charge in [0.25, 0.3) is 5.91 Å². The molecule has 4 rings (SSSR count). The van der Waals surface area contributed by atoms with E-state index in [4.69, 9.17) is 9.47 Å². The molecule has 2 aromatic carbocycles. The maximum atomic E-state index is 13.4. The Hall–Kier alpha value is -3.31. The minimum atomic E-state index is -4.04. The van der Waals surface area contributed by atoms with Crippen molar-refractivity contribution in [2.75, 3.05) is 32.8 Å². The van der Waals surface area contributed by atoms with Gasteiger partial charge < -0.3 is 14.4 Å². The van der Waals surface area contributed by atoms with E-state index in [1.807, 2.05) is 12.1 Å². The number of carbonyl (C=O) groups is 3. The van der Waals surface area contributed by atoms with Crippen molar-refractivity contribution < 1.29 is 36.7 Å². The Morgan fingerprint density at radius 2 is 1.66 bits per heavy atom. The molecular formula is C27H31FN2O7S. The number of fused-ring (bicyclic) bond motifs is 1. The van der Waals surface area contributed by atoms with Crippen LogP contribution in [0.25, 0.3) is 0 Å². The molecule has 1 saturated heterocycles. The fraction of sp³-hybridized carbons (Fsp3) is 0.444. The summed E-state index contributed by atoms with van der Waals surface area (Å²) < 4.78 is 51.9. The number of benzene rings is 2. The highest BCUT2D eigenvalue weighted by atomic mass is 32.2. The minimum Gasteiger partial charge on any atom is -0.466 e. The minimum absolute atomic E-state index is 0.0713. The lowest BCUT2D eigenvalue weighted by molar-refractivity contribution is -0.155. The quantitative estimate of drug-likeness (QED) is 0.468. The summed E-state index contributed by atoms with van der Waals surface area (Å²) in [6.45, 7) is 2.44. The Labute approximate surface area is 221 Å². The normalized spacial score (nSPS) is 18.5. The van der Waals surface area contributed by atoms with Crippen LogP contribution in [0.3, 0.4) is 0 Å². The van der Waals surface area contributed by atoms with E-state index < -0.39 is 34.5 Å². The number of piperidine rings is 1. The van der Waals surface area contributed by atoms with Crippen LogP contribution in [0, 0.1) is 11.7 Å². The molecule has 9 nitrogen and oxygen atoms in total. The van der Waals surface area contributed by atoms with Crippen LogP contribution >= 0.6 is 0 Å². The maximum absolute atomic E-state index is 13.4. The zero-order chi connectivity index (χ0) is 27.3. The van der Waals surface area contributed by atoms with Gasteiger partial charge >= 0.3 is 11.9 Å². The van der Waals surface area contributed by atoms with E-state index in [1.165, 1.54) is 16.4 Å². The number of likely N-dealkylation sites (tertiary alicyclic amines) is 1. The lowest BCUT2D eigenvalue weighted by Gasteiger charge is -2.36. The molecule has 0 spiro atoms. The Kier molecular flexibility index (Phi) is 8.78. The van der Waals surface area contributed by atoms with Crippen LogP contribution in [-0.2, 0) is 40.3 Å². The summed E-state index contributed by atoms with van der Waals surface area (Å²) in [6.07, 6.45) is 1.14. The monoisotopic (exact) mass is 546 g/mol. The Bertz CT molecular complexity index is 1270. The predicted molar refractivity (Wildman–Crippen MR) is 135 cm³/mol. The zero-order valence-electron chi connectivity index (χ0n) is 21.2. The van der Waals surface area contributed by atoms with Gasteiger partial charge in [0, 0.05) is 19.6 Å². The van der Waals surface area contributed by atoms with Gasteiger partial charge in [-0.05, 0) is 61.6 Å². The highest BCUT2D eigenvalue weighted by molar-refractivity contribution is 7.89. The Morgan fingerprint density at radius 1 is 0.974 bits per heavy atom. The van der Waals surface area contributed by atoms with Gasteiger partial charge in [-0.2, -0.15) is 4.31 Å². The SMILES string of the molecule is CCOC(=O)C1CCN(C(=O)COC(=O)CC2c3ccccc3CCN2S(=O)(=O)c2ccc(F)cc2)CC1. The first kappa shape index (κ1) is 27.7. The molecule has 2 aromatic rings. The van der Waals surface area contributed by atoms with Crippen molar-refractivity contribution in [3.63, 3.8) is 0 Å². The van der Waals surface area contributed by atoms with E-state index in [2.05, 4.69) is 0 Å². The summed E-state index contributed by atoms with van der Waals surface area (Å²) in [6, 6.07) is 11.0. The molecule has 204 valence electrons. The van der Waals surface area contributed by atoms with Crippen molar-refractivity contribution >= 4 is 27.9 Å². The number of hydrogen-bond acceptors (Lipinski definition) is 7. The number of halogens is 1. The van der Waals surface area contributed by atoms with Crippen LogP contribution in [0.1, 0.15) is 43.4 Å². The number of sulfonamides is 1. The lowest BCUT2D eigenvalue weighted by Crippen LogP contribution is -2.43. The third-order valence-corrected chi connectivity index (χ3v) is 8.89. The third-order valence-electron chi connectivity index (χ3n) is 6.97. The molecule has 1 unspecified atom stereocenters. The summed E-state index contributed by atoms with van der Waals surface area (Å²) in [5.74, 6) is -2.15. The fourth-order valence-corrected chi connectivity index (χ4v) is 6.55. The zero-order valence-corrected chi connectivity index (χ0v) is 22.0. The van der Waals surface area contributed by atoms with E-state index in [1.54, 1.807) is 24.0 Å². The smallest absolute Gasteiger partial charge is 0.309 e. The summed E-state index contributed by atoms with van der Waals surface area (Å²) in [7, 11) is -4.04. The molecule has 0 N–H and O–H groups in total. The van der Waals surface area contributed by atoms with Crippen LogP contribution in [0.4, 0.5) is 4.39 Å². The predicted octanol–water partition coefficient (Wildman–Crippen LogP) is 2.85. The fourth-order valence-electron chi connectivity index (χ4n) is 4.94. The molecule has 0 aliphatic carbocycles. The van der Waals surface area contributed by atoms with E-state index in [0.717, 1.165) is 17.7 Å². The van der Waals surface area contributed by atoms with Crippen molar-refractivity contribution in [1.29, 1.82) is 0 Å². The van der Waals surface area contributed by atoms with Crippen LogP contribution < -0.4 is 0 Å². The molecule has 0 saturated carbocycles. The summed E-state index contributed by atoms with van der Waals surface area (Å²) in [5.41, 5.74) is 1.62. The van der Waals surface area contributed by atoms with E-state index in [9.17, 15) is 27.2 Å². The Morgan fingerprint density at radius 3 is 2.34 bits per heavy atom. The highest BCUT2D eigenvalue weighted by Crippen LogP contribution is 2.36. The van der Waals surface area contributed by atoms with Crippen molar-refractivity contribution in [3.05, 3.63) is 65.5 Å². The Balaban J connectivity index is 1.41. The van der Waals surface area contributed by atoms with E-state index >= 15 is 0 Å². The van der Waals surface area contributed by atoms with Gasteiger partial charge in [-0.25, -0.2) is 12.8 Å². The average molecular weight is 547 g/mol. The molecule has 0 radical (unpaired) electrons. The van der Waals surface area contributed by atoms with Crippen LogP contribution in [-0.4, -0.2) is 68.3 Å². The average Bonchev–Trinajstić information content (AvgIpc) is 2.92. The number of amides is 1. The number of hydrogen-bond donors (Lipinski definition) is 0. The maximum Gasteiger partial charge on any atom is 0.309 e. The molecule has 38 heavy (non-hydrogen) atoms. The molecule has 2 aliphatic heterocycles. The highest BCUT2D eigenvalue weighted by Gasteiger charge is 2.38. The topological polar surface area (TPSA) is 110 Å². The number of rotatable bonds is 8. The standard InChI is InChI=1S/C27H31FN2O7S/c1-2-36-27(33)20-11-14-29(15-12-20)25(31)18-37-26(32)17-24-23-6-4-3-5-19(23)13-16-30(24)38(34,35)22-9-7-21(28)8-10-22/h3-10,20,24H,2,11-18H2,1H3. The largest absolute Gasteiger partial charge is 0.466 e. The van der Waals surface area contributed by atoms with Crippen molar-refractivity contribution in [3.8, 4) is 0 Å². The molecule has 1 amide bonds. The third kappa shape index (κ3) is 6.21. The van der Waals surface area contributed by atoms with E-state index in [0.29, 0.717) is 44.5 Å². The van der Waals surface area contributed by atoms with Gasteiger partial charge in [-0.15, -0.1) is 0 Å². The second kappa shape index (κ2) is 12.0. The second-order valence-corrected chi connectivity index (χ2v) is 11.2. The van der Waals surface area contributed by atoms with Gasteiger partial charge in [0.05, 0.1) is 29.9 Å². The van der Waals surface area contributed by atoms with Gasteiger partial charge in [-0.3, -0.25) is 14.4 Å². The molecule has 2 aliphatic rings. The molecule has 11 heteroatoms. The number of carbonyl (C=O) groups excluding carboxylic acids is 3. The van der Waals surface area contributed by atoms with Crippen LogP contribution in [0.2, 0.25) is 0 Å². The summed E-state index contributed by atoms with van der Waals surface area (Å²) >= 11 is 0. The first-order valence-corrected chi connectivity index (χ1v) is 14.1. The first-order valence-electron chi connectivity index (χ1n) is 12.7. The summed E-state index contributed by atoms with van der Waals surface area (Å²) in [5, 5.41) is 0. The lowest BCUT2D eigenvalue weighted by atomic mass is 9.92. The molecule has 1 atom stereocenters. The number of ether oxygens (including phenoxy) is 2.